The number of carbonyl (C=O) groups is 1. The van der Waals surface area contributed by atoms with Gasteiger partial charge in [0.25, 0.3) is 0 Å². The molecule has 30 heavy (non-hydrogen) atoms. The number of benzene rings is 1. The molecule has 0 aliphatic carbocycles. The van der Waals surface area contributed by atoms with Crippen molar-refractivity contribution >= 4 is 27.1 Å². The largest absolute Gasteiger partial charge is 0.381 e. The number of hydrogen-bond acceptors (Lipinski definition) is 6. The van der Waals surface area contributed by atoms with E-state index in [9.17, 15) is 13.2 Å². The monoisotopic (exact) mass is 436 g/mol. The summed E-state index contributed by atoms with van der Waals surface area (Å²) in [6.45, 7) is 12.0. The Balaban J connectivity index is 1.99. The van der Waals surface area contributed by atoms with E-state index in [0.29, 0.717) is 11.4 Å². The lowest BCUT2D eigenvalue weighted by atomic mass is 9.91. The van der Waals surface area contributed by atoms with Crippen LogP contribution in [0.4, 0.5) is 0 Å². The molecule has 1 fully saturated rings. The summed E-state index contributed by atoms with van der Waals surface area (Å²) in [4.78, 5) is 16.5. The first kappa shape index (κ1) is 22.7. The third-order valence-electron chi connectivity index (χ3n) is 5.22. The molecular formula is C22H32N2O5S. The Kier molecular flexibility index (Phi) is 6.57. The summed E-state index contributed by atoms with van der Waals surface area (Å²) in [7, 11) is -4.18. The predicted molar refractivity (Wildman–Crippen MR) is 115 cm³/mol. The third-order valence-corrected chi connectivity index (χ3v) is 6.44. The minimum Gasteiger partial charge on any atom is -0.381 e. The van der Waals surface area contributed by atoms with Gasteiger partial charge in [-0.25, -0.2) is 4.98 Å². The minimum atomic E-state index is -4.18. The molecule has 0 radical (unpaired) electrons. The molecule has 1 aliphatic heterocycles. The standard InChI is InChI=1S/C22H32N2O5S/c1-15(2)21(25)29-30(26,27)17-6-7-19-18(12-17)23-20(13-22(3,4)5)24(19)14-16-8-10-28-11-9-16/h6-7,12,15-16H,8-11,13-14H2,1-5H3. The van der Waals surface area contributed by atoms with Crippen LogP contribution in [0, 0.1) is 17.3 Å². The molecule has 1 aliphatic rings. The van der Waals surface area contributed by atoms with E-state index in [-0.39, 0.29) is 10.3 Å². The van der Waals surface area contributed by atoms with Crippen LogP contribution in [0.25, 0.3) is 11.0 Å². The van der Waals surface area contributed by atoms with Crippen LogP contribution in [0.1, 0.15) is 53.3 Å². The molecule has 1 aromatic heterocycles. The fourth-order valence-corrected chi connectivity index (χ4v) is 4.56. The number of rotatable bonds is 6. The average Bonchev–Trinajstić information content (AvgIpc) is 2.97. The Bertz CT molecular complexity index is 1010. The Morgan fingerprint density at radius 1 is 1.27 bits per heavy atom. The second kappa shape index (κ2) is 8.67. The van der Waals surface area contributed by atoms with E-state index in [2.05, 4.69) is 25.3 Å². The molecule has 2 heterocycles. The second-order valence-corrected chi connectivity index (χ2v) is 11.1. The first-order valence-corrected chi connectivity index (χ1v) is 11.9. The van der Waals surface area contributed by atoms with E-state index >= 15 is 0 Å². The average molecular weight is 437 g/mol. The SMILES string of the molecule is CC(C)C(=O)OS(=O)(=O)c1ccc2c(c1)nc(CC(C)(C)C)n2CC1CCOCC1. The van der Waals surface area contributed by atoms with E-state index < -0.39 is 22.0 Å². The van der Waals surface area contributed by atoms with E-state index in [1.165, 1.54) is 12.1 Å². The lowest BCUT2D eigenvalue weighted by molar-refractivity contribution is -0.137. The summed E-state index contributed by atoms with van der Waals surface area (Å²) < 4.78 is 37.5. The Morgan fingerprint density at radius 3 is 2.53 bits per heavy atom. The van der Waals surface area contributed by atoms with Gasteiger partial charge in [-0.3, -0.25) is 4.79 Å². The fourth-order valence-electron chi connectivity index (χ4n) is 3.57. The highest BCUT2D eigenvalue weighted by molar-refractivity contribution is 7.87. The smallest absolute Gasteiger partial charge is 0.341 e. The van der Waals surface area contributed by atoms with Crippen molar-refractivity contribution in [3.05, 3.63) is 24.0 Å². The van der Waals surface area contributed by atoms with Crippen LogP contribution in [0.5, 0.6) is 0 Å². The lowest BCUT2D eigenvalue weighted by Gasteiger charge is -2.25. The van der Waals surface area contributed by atoms with Crippen molar-refractivity contribution in [2.75, 3.05) is 13.2 Å². The molecule has 0 N–H and O–H groups in total. The minimum absolute atomic E-state index is 0.0382. The van der Waals surface area contributed by atoms with Crippen LogP contribution in [0.2, 0.25) is 0 Å². The first-order chi connectivity index (χ1) is 14.0. The van der Waals surface area contributed by atoms with Gasteiger partial charge in [0.2, 0.25) is 0 Å². The number of carbonyl (C=O) groups excluding carboxylic acids is 1. The van der Waals surface area contributed by atoms with Gasteiger partial charge in [-0.15, -0.1) is 0 Å². The quantitative estimate of drug-likeness (QED) is 0.638. The number of hydrogen-bond donors (Lipinski definition) is 0. The van der Waals surface area contributed by atoms with Crippen molar-refractivity contribution in [2.24, 2.45) is 17.3 Å². The zero-order valence-electron chi connectivity index (χ0n) is 18.5. The van der Waals surface area contributed by atoms with Crippen LogP contribution >= 0.6 is 0 Å². The van der Waals surface area contributed by atoms with Crippen LogP contribution in [-0.4, -0.2) is 37.2 Å². The summed E-state index contributed by atoms with van der Waals surface area (Å²) in [5.74, 6) is 0.150. The number of aromatic nitrogens is 2. The summed E-state index contributed by atoms with van der Waals surface area (Å²) in [6.07, 6.45) is 2.79. The highest BCUT2D eigenvalue weighted by atomic mass is 32.2. The van der Waals surface area contributed by atoms with Gasteiger partial charge in [-0.05, 0) is 42.4 Å². The highest BCUT2D eigenvalue weighted by Gasteiger charge is 2.25. The van der Waals surface area contributed by atoms with Crippen molar-refractivity contribution in [1.82, 2.24) is 9.55 Å². The van der Waals surface area contributed by atoms with Crippen molar-refractivity contribution in [3.63, 3.8) is 0 Å². The van der Waals surface area contributed by atoms with Crippen molar-refractivity contribution in [2.45, 2.75) is 65.3 Å². The lowest BCUT2D eigenvalue weighted by Crippen LogP contribution is -2.22. The van der Waals surface area contributed by atoms with E-state index in [1.54, 1.807) is 19.9 Å². The molecule has 166 valence electrons. The zero-order chi connectivity index (χ0) is 22.1. The maximum Gasteiger partial charge on any atom is 0.341 e. The number of fused-ring (bicyclic) bond motifs is 1. The Morgan fingerprint density at radius 2 is 1.93 bits per heavy atom. The van der Waals surface area contributed by atoms with Gasteiger partial charge in [0.05, 0.1) is 17.0 Å². The maximum absolute atomic E-state index is 12.5. The van der Waals surface area contributed by atoms with Gasteiger partial charge in [0, 0.05) is 26.2 Å². The van der Waals surface area contributed by atoms with Crippen molar-refractivity contribution in [1.29, 1.82) is 0 Å². The summed E-state index contributed by atoms with van der Waals surface area (Å²) >= 11 is 0. The Labute approximate surface area is 178 Å². The molecule has 0 unspecified atom stereocenters. The molecule has 0 saturated carbocycles. The van der Waals surface area contributed by atoms with Gasteiger partial charge in [0.15, 0.2) is 0 Å². The molecular weight excluding hydrogens is 404 g/mol. The normalized spacial score (nSPS) is 16.3. The van der Waals surface area contributed by atoms with Crippen LogP contribution in [-0.2, 0) is 36.8 Å². The first-order valence-electron chi connectivity index (χ1n) is 10.5. The molecule has 2 aromatic rings. The highest BCUT2D eigenvalue weighted by Crippen LogP contribution is 2.29. The second-order valence-electron chi connectivity index (χ2n) is 9.59. The molecule has 1 aromatic carbocycles. The number of ether oxygens (including phenoxy) is 1. The van der Waals surface area contributed by atoms with E-state index in [1.807, 2.05) is 0 Å². The fraction of sp³-hybridized carbons (Fsp3) is 0.636. The molecule has 1 saturated heterocycles. The van der Waals surface area contributed by atoms with Crippen LogP contribution < -0.4 is 0 Å². The van der Waals surface area contributed by atoms with Crippen molar-refractivity contribution in [3.8, 4) is 0 Å². The zero-order valence-corrected chi connectivity index (χ0v) is 19.3. The third kappa shape index (κ3) is 5.40. The predicted octanol–water partition coefficient (Wildman–Crippen LogP) is 3.94. The molecule has 0 spiro atoms. The summed E-state index contributed by atoms with van der Waals surface area (Å²) in [5.41, 5.74) is 1.54. The van der Waals surface area contributed by atoms with Gasteiger partial charge in [-0.1, -0.05) is 34.6 Å². The molecule has 7 nitrogen and oxygen atoms in total. The van der Waals surface area contributed by atoms with Crippen LogP contribution in [0.15, 0.2) is 23.1 Å². The Hall–Kier alpha value is -1.93. The number of imidazole rings is 1. The van der Waals surface area contributed by atoms with Crippen molar-refractivity contribution < 1.29 is 22.1 Å². The topological polar surface area (TPSA) is 87.5 Å². The van der Waals surface area contributed by atoms with Gasteiger partial charge in [0.1, 0.15) is 10.7 Å². The molecule has 8 heteroatoms. The number of nitrogens with zero attached hydrogens (tertiary/aromatic N) is 2. The van der Waals surface area contributed by atoms with E-state index in [4.69, 9.17) is 13.9 Å². The molecule has 0 amide bonds. The van der Waals surface area contributed by atoms with Crippen LogP contribution in [0.3, 0.4) is 0 Å². The van der Waals surface area contributed by atoms with Gasteiger partial charge < -0.3 is 13.5 Å². The summed E-state index contributed by atoms with van der Waals surface area (Å²) in [6, 6.07) is 4.77. The molecule has 0 atom stereocenters. The van der Waals surface area contributed by atoms with Gasteiger partial charge >= 0.3 is 16.1 Å². The summed E-state index contributed by atoms with van der Waals surface area (Å²) in [5, 5.41) is 0. The van der Waals surface area contributed by atoms with E-state index in [0.717, 1.165) is 50.4 Å². The maximum atomic E-state index is 12.5. The van der Waals surface area contributed by atoms with Gasteiger partial charge in [-0.2, -0.15) is 8.42 Å². The molecule has 0 bridgehead atoms. The molecule has 3 rings (SSSR count).